The Morgan fingerprint density at radius 3 is 2.48 bits per heavy atom. The van der Waals surface area contributed by atoms with Gasteiger partial charge in [0.25, 0.3) is 0 Å². The number of methoxy groups -OCH3 is 2. The summed E-state index contributed by atoms with van der Waals surface area (Å²) in [4.78, 5) is 26.0. The molecule has 1 aliphatic rings. The van der Waals surface area contributed by atoms with E-state index in [-0.39, 0.29) is 28.7 Å². The van der Waals surface area contributed by atoms with E-state index in [1.54, 1.807) is 48.5 Å². The van der Waals surface area contributed by atoms with E-state index < -0.39 is 34.6 Å². The molecule has 1 aliphatic heterocycles. The molecule has 46 heavy (non-hydrogen) atoms. The van der Waals surface area contributed by atoms with Crippen molar-refractivity contribution in [3.8, 4) is 45.8 Å². The van der Waals surface area contributed by atoms with Crippen molar-refractivity contribution in [2.24, 2.45) is 0 Å². The molecule has 0 saturated heterocycles. The number of rotatable bonds is 10. The molecule has 10 heteroatoms. The first kappa shape index (κ1) is 30.4. The highest BCUT2D eigenvalue weighted by Crippen LogP contribution is 2.50. The van der Waals surface area contributed by atoms with Crippen LogP contribution in [0.5, 0.6) is 34.5 Å². The highest BCUT2D eigenvalue weighted by molar-refractivity contribution is 5.93. The second-order valence-corrected chi connectivity index (χ2v) is 10.9. The quantitative estimate of drug-likeness (QED) is 0.128. The predicted octanol–water partition coefficient (Wildman–Crippen LogP) is 5.84. The minimum absolute atomic E-state index is 0.0816. The van der Waals surface area contributed by atoms with Crippen LogP contribution >= 0.6 is 0 Å². The first-order valence-electron chi connectivity index (χ1n) is 14.7. The van der Waals surface area contributed by atoms with Crippen molar-refractivity contribution in [3.05, 3.63) is 105 Å². The van der Waals surface area contributed by atoms with Gasteiger partial charge in [-0.1, -0.05) is 48.5 Å². The number of carbonyl (C=O) groups excluding carboxylic acids is 1. The molecule has 10 nitrogen and oxygen atoms in total. The number of benzene rings is 4. The molecule has 2 heterocycles. The molecule has 1 aromatic heterocycles. The first-order valence-corrected chi connectivity index (χ1v) is 14.7. The smallest absolute Gasteiger partial charge is 0.306 e. The summed E-state index contributed by atoms with van der Waals surface area (Å²) in [5, 5.41) is 32.3. The van der Waals surface area contributed by atoms with Crippen LogP contribution in [0, 0.1) is 0 Å². The minimum atomic E-state index is -1.01. The van der Waals surface area contributed by atoms with E-state index in [4.69, 9.17) is 23.4 Å². The van der Waals surface area contributed by atoms with Gasteiger partial charge < -0.3 is 38.7 Å². The number of phenolic OH excluding ortho intramolecular Hbond substituents is 3. The van der Waals surface area contributed by atoms with Gasteiger partial charge in [0.15, 0.2) is 28.4 Å². The lowest BCUT2D eigenvalue weighted by atomic mass is 9.86. The zero-order valence-corrected chi connectivity index (χ0v) is 25.2. The molecule has 0 bridgehead atoms. The number of esters is 1. The topological polar surface area (TPSA) is 145 Å². The van der Waals surface area contributed by atoms with Gasteiger partial charge in [0.1, 0.15) is 22.5 Å². The van der Waals surface area contributed by atoms with Crippen LogP contribution in [0.3, 0.4) is 0 Å². The molecule has 6 rings (SSSR count). The largest absolute Gasteiger partial charge is 0.504 e. The van der Waals surface area contributed by atoms with E-state index in [0.29, 0.717) is 42.3 Å². The van der Waals surface area contributed by atoms with Crippen molar-refractivity contribution >= 4 is 16.9 Å². The van der Waals surface area contributed by atoms with Gasteiger partial charge in [0.2, 0.25) is 5.75 Å². The molecular weight excluding hydrogens is 592 g/mol. The number of carbonyl (C=O) groups is 1. The molecule has 4 aromatic carbocycles. The average molecular weight is 625 g/mol. The number of phenols is 3. The molecule has 1 unspecified atom stereocenters. The van der Waals surface area contributed by atoms with Gasteiger partial charge in [-0.25, -0.2) is 0 Å². The van der Waals surface area contributed by atoms with Crippen LogP contribution in [-0.2, 0) is 22.4 Å². The third-order valence-corrected chi connectivity index (χ3v) is 8.13. The summed E-state index contributed by atoms with van der Waals surface area (Å²) in [5.74, 6) is -2.25. The Hall–Kier alpha value is -5.64. The van der Waals surface area contributed by atoms with Crippen molar-refractivity contribution in [2.75, 3.05) is 27.4 Å². The third-order valence-electron chi connectivity index (χ3n) is 8.13. The van der Waals surface area contributed by atoms with Crippen LogP contribution in [0.25, 0.3) is 22.3 Å². The van der Waals surface area contributed by atoms with Crippen molar-refractivity contribution in [2.45, 2.75) is 25.2 Å². The summed E-state index contributed by atoms with van der Waals surface area (Å²) in [5.41, 5.74) is 2.41. The fraction of sp³-hybridized carbons (Fsp3) is 0.222. The molecule has 0 amide bonds. The highest BCUT2D eigenvalue weighted by Gasteiger charge is 2.32. The van der Waals surface area contributed by atoms with Crippen molar-refractivity contribution in [1.29, 1.82) is 0 Å². The zero-order chi connectivity index (χ0) is 32.4. The van der Waals surface area contributed by atoms with Crippen molar-refractivity contribution in [1.82, 2.24) is 0 Å². The van der Waals surface area contributed by atoms with E-state index in [2.05, 4.69) is 6.07 Å². The minimum Gasteiger partial charge on any atom is -0.504 e. The summed E-state index contributed by atoms with van der Waals surface area (Å²) in [6.07, 6.45) is 1.22. The second-order valence-electron chi connectivity index (χ2n) is 10.9. The Morgan fingerprint density at radius 2 is 1.72 bits per heavy atom. The summed E-state index contributed by atoms with van der Waals surface area (Å²) in [7, 11) is 2.71. The monoisotopic (exact) mass is 624 g/mol. The number of hydrogen-bond donors (Lipinski definition) is 3. The van der Waals surface area contributed by atoms with E-state index >= 15 is 0 Å². The van der Waals surface area contributed by atoms with Gasteiger partial charge in [0, 0.05) is 36.0 Å². The Bertz CT molecular complexity index is 1980. The molecular formula is C36H32O10. The molecule has 3 N–H and O–H groups in total. The summed E-state index contributed by atoms with van der Waals surface area (Å²) in [6, 6.07) is 21.1. The Labute approximate surface area is 264 Å². The molecule has 5 aromatic rings. The molecule has 236 valence electrons. The Balaban J connectivity index is 1.40. The van der Waals surface area contributed by atoms with Crippen LogP contribution in [0.1, 0.15) is 34.6 Å². The van der Waals surface area contributed by atoms with Gasteiger partial charge in [-0.05, 0) is 34.9 Å². The van der Waals surface area contributed by atoms with Crippen molar-refractivity contribution in [3.63, 3.8) is 0 Å². The third kappa shape index (κ3) is 5.77. The standard InChI is InChI=1S/C36H32O10/c1-42-29-17-22(9-11-27(29)45-14-12-20-8-10-26-23(16-20)13-15-44-26)24(18-30(38)43-2)31-33(39)35(41)34(40)32-25(37)19-28(46-36(31)32)21-6-4-3-5-7-21/h3-11,16-17,19,24,39-41H,12-15,18H2,1-2H3. The lowest BCUT2D eigenvalue weighted by Crippen LogP contribution is -2.13. The fourth-order valence-corrected chi connectivity index (χ4v) is 5.77. The first-order chi connectivity index (χ1) is 22.3. The molecule has 0 spiro atoms. The fourth-order valence-electron chi connectivity index (χ4n) is 5.77. The summed E-state index contributed by atoms with van der Waals surface area (Å²) in [6.45, 7) is 1.05. The van der Waals surface area contributed by atoms with Gasteiger partial charge in [-0.3, -0.25) is 9.59 Å². The van der Waals surface area contributed by atoms with Crippen molar-refractivity contribution < 1.29 is 43.5 Å². The van der Waals surface area contributed by atoms with Crippen LogP contribution in [0.4, 0.5) is 0 Å². The Morgan fingerprint density at radius 1 is 0.913 bits per heavy atom. The maximum atomic E-state index is 13.3. The van der Waals surface area contributed by atoms with Crippen LogP contribution in [-0.4, -0.2) is 48.7 Å². The van der Waals surface area contributed by atoms with E-state index in [1.165, 1.54) is 25.8 Å². The number of ether oxygens (including phenoxy) is 4. The lowest BCUT2D eigenvalue weighted by Gasteiger charge is -2.22. The predicted molar refractivity (Wildman–Crippen MR) is 169 cm³/mol. The second kappa shape index (κ2) is 12.8. The SMILES string of the molecule is COC(=O)CC(c1ccc(OCCc2ccc3c(c2)CCO3)c(OC)c1)c1c(O)c(O)c(O)c2c(=O)cc(-c3ccccc3)oc12. The average Bonchev–Trinajstić information content (AvgIpc) is 3.55. The van der Waals surface area contributed by atoms with E-state index in [1.807, 2.05) is 12.1 Å². The van der Waals surface area contributed by atoms with Crippen LogP contribution < -0.4 is 19.6 Å². The van der Waals surface area contributed by atoms with Gasteiger partial charge in [-0.15, -0.1) is 0 Å². The lowest BCUT2D eigenvalue weighted by molar-refractivity contribution is -0.140. The molecule has 0 saturated carbocycles. The number of aromatic hydroxyl groups is 3. The number of hydrogen-bond acceptors (Lipinski definition) is 10. The zero-order valence-electron chi connectivity index (χ0n) is 25.2. The number of fused-ring (bicyclic) bond motifs is 2. The normalized spacial score (nSPS) is 12.7. The Kier molecular flexibility index (Phi) is 8.43. The van der Waals surface area contributed by atoms with Crippen LogP contribution in [0.2, 0.25) is 0 Å². The van der Waals surface area contributed by atoms with Gasteiger partial charge in [0.05, 0.1) is 33.9 Å². The molecule has 0 radical (unpaired) electrons. The van der Waals surface area contributed by atoms with Crippen LogP contribution in [0.15, 0.2) is 82.0 Å². The molecule has 0 fully saturated rings. The molecule has 1 atom stereocenters. The maximum absolute atomic E-state index is 13.3. The maximum Gasteiger partial charge on any atom is 0.306 e. The highest BCUT2D eigenvalue weighted by atomic mass is 16.5. The summed E-state index contributed by atoms with van der Waals surface area (Å²) < 4.78 is 28.4. The van der Waals surface area contributed by atoms with E-state index in [0.717, 1.165) is 17.7 Å². The molecule has 0 aliphatic carbocycles. The van der Waals surface area contributed by atoms with Gasteiger partial charge >= 0.3 is 5.97 Å². The summed E-state index contributed by atoms with van der Waals surface area (Å²) >= 11 is 0. The van der Waals surface area contributed by atoms with Gasteiger partial charge in [-0.2, -0.15) is 0 Å². The van der Waals surface area contributed by atoms with E-state index in [9.17, 15) is 24.9 Å².